The van der Waals surface area contributed by atoms with Gasteiger partial charge in [-0.2, -0.15) is 0 Å². The van der Waals surface area contributed by atoms with Crippen molar-refractivity contribution in [3.05, 3.63) is 82.5 Å². The Bertz CT molecular complexity index is 802. The van der Waals surface area contributed by atoms with Gasteiger partial charge in [0.1, 0.15) is 11.9 Å². The molecular formula is C19H19ClN2O2. The van der Waals surface area contributed by atoms with Gasteiger partial charge in [0, 0.05) is 22.7 Å². The Morgan fingerprint density at radius 2 is 2.00 bits per heavy atom. The molecule has 1 atom stereocenters. The van der Waals surface area contributed by atoms with Crippen LogP contribution in [0.4, 0.5) is 5.69 Å². The topological polar surface area (TPSA) is 58.3 Å². The highest BCUT2D eigenvalue weighted by molar-refractivity contribution is 6.30. The highest BCUT2D eigenvalue weighted by Crippen LogP contribution is 2.31. The van der Waals surface area contributed by atoms with Crippen molar-refractivity contribution < 1.29 is 9.52 Å². The van der Waals surface area contributed by atoms with Crippen molar-refractivity contribution in [1.29, 1.82) is 0 Å². The van der Waals surface area contributed by atoms with Gasteiger partial charge in [0.2, 0.25) is 5.89 Å². The van der Waals surface area contributed by atoms with E-state index in [1.54, 1.807) is 18.3 Å². The Morgan fingerprint density at radius 1 is 1.21 bits per heavy atom. The van der Waals surface area contributed by atoms with Crippen LogP contribution in [0.2, 0.25) is 5.02 Å². The predicted octanol–water partition coefficient (Wildman–Crippen LogP) is 4.58. The maximum Gasteiger partial charge on any atom is 0.213 e. The van der Waals surface area contributed by atoms with Gasteiger partial charge in [-0.05, 0) is 23.8 Å². The first-order valence-electron chi connectivity index (χ1n) is 7.87. The minimum atomic E-state index is -0.761. The second-order valence-electron chi connectivity index (χ2n) is 5.47. The molecule has 2 aromatic carbocycles. The molecule has 3 rings (SSSR count). The molecule has 0 aliphatic rings. The molecular weight excluding hydrogens is 324 g/mol. The number of aliphatic hydroxyl groups is 1. The Hall–Kier alpha value is -2.30. The Balaban J connectivity index is 1.82. The summed E-state index contributed by atoms with van der Waals surface area (Å²) in [6.07, 6.45) is 1.79. The lowest BCUT2D eigenvalue weighted by Crippen LogP contribution is -2.07. The smallest absolute Gasteiger partial charge is 0.213 e. The molecule has 0 saturated heterocycles. The summed E-state index contributed by atoms with van der Waals surface area (Å²) in [5.74, 6) is 1.47. The quantitative estimate of drug-likeness (QED) is 0.688. The number of benzene rings is 2. The zero-order chi connectivity index (χ0) is 16.9. The number of anilines is 1. The number of nitrogens with one attached hydrogen (secondary N) is 1. The standard InChI is InChI=1S/C19H19ClN2O2/c1-2-15-11-22-18(24-15)12-21-17-9-8-14(20)10-16(17)19(23)13-6-4-3-5-7-13/h3-11,19,21,23H,2,12H2,1H3. The summed E-state index contributed by atoms with van der Waals surface area (Å²) in [7, 11) is 0. The molecule has 2 N–H and O–H groups in total. The molecule has 0 bridgehead atoms. The van der Waals surface area contributed by atoms with Crippen LogP contribution >= 0.6 is 11.6 Å². The fourth-order valence-electron chi connectivity index (χ4n) is 2.50. The highest BCUT2D eigenvalue weighted by Gasteiger charge is 2.15. The summed E-state index contributed by atoms with van der Waals surface area (Å²) < 4.78 is 5.60. The molecule has 24 heavy (non-hydrogen) atoms. The predicted molar refractivity (Wildman–Crippen MR) is 95.2 cm³/mol. The third-order valence-corrected chi connectivity index (χ3v) is 4.04. The Morgan fingerprint density at radius 3 is 2.71 bits per heavy atom. The number of hydrogen-bond acceptors (Lipinski definition) is 4. The van der Waals surface area contributed by atoms with E-state index in [-0.39, 0.29) is 0 Å². The number of aromatic nitrogens is 1. The molecule has 124 valence electrons. The third-order valence-electron chi connectivity index (χ3n) is 3.80. The first-order valence-corrected chi connectivity index (χ1v) is 8.25. The van der Waals surface area contributed by atoms with Gasteiger partial charge in [-0.25, -0.2) is 4.98 Å². The lowest BCUT2D eigenvalue weighted by atomic mass is 10.00. The van der Waals surface area contributed by atoms with Gasteiger partial charge in [-0.15, -0.1) is 0 Å². The average Bonchev–Trinajstić information content (AvgIpc) is 3.09. The van der Waals surface area contributed by atoms with Crippen molar-refractivity contribution in [3.63, 3.8) is 0 Å². The lowest BCUT2D eigenvalue weighted by Gasteiger charge is -2.17. The number of oxazole rings is 1. The van der Waals surface area contributed by atoms with Crippen molar-refractivity contribution in [2.45, 2.75) is 26.0 Å². The zero-order valence-corrected chi connectivity index (χ0v) is 14.1. The van der Waals surface area contributed by atoms with E-state index in [1.165, 1.54) is 0 Å². The van der Waals surface area contributed by atoms with Crippen molar-refractivity contribution in [1.82, 2.24) is 4.98 Å². The molecule has 5 heteroatoms. The van der Waals surface area contributed by atoms with E-state index in [0.717, 1.165) is 29.0 Å². The van der Waals surface area contributed by atoms with Crippen LogP contribution in [0.25, 0.3) is 0 Å². The van der Waals surface area contributed by atoms with E-state index < -0.39 is 6.10 Å². The second kappa shape index (κ2) is 7.51. The number of rotatable bonds is 6. The van der Waals surface area contributed by atoms with E-state index in [9.17, 15) is 5.11 Å². The lowest BCUT2D eigenvalue weighted by molar-refractivity contribution is 0.221. The number of hydrogen-bond donors (Lipinski definition) is 2. The average molecular weight is 343 g/mol. The molecule has 0 saturated carbocycles. The van der Waals surface area contributed by atoms with Crippen LogP contribution in [0.3, 0.4) is 0 Å². The largest absolute Gasteiger partial charge is 0.444 e. The molecule has 1 aromatic heterocycles. The summed E-state index contributed by atoms with van der Waals surface area (Å²) in [5, 5.41) is 14.5. The number of nitrogens with zero attached hydrogens (tertiary/aromatic N) is 1. The summed E-state index contributed by atoms with van der Waals surface area (Å²) in [5.41, 5.74) is 2.33. The Kier molecular flexibility index (Phi) is 5.18. The summed E-state index contributed by atoms with van der Waals surface area (Å²) >= 11 is 6.12. The SMILES string of the molecule is CCc1cnc(CNc2ccc(Cl)cc2C(O)c2ccccc2)o1. The summed E-state index contributed by atoms with van der Waals surface area (Å²) in [4.78, 5) is 4.23. The van der Waals surface area contributed by atoms with Crippen molar-refractivity contribution in [2.24, 2.45) is 0 Å². The second-order valence-corrected chi connectivity index (χ2v) is 5.91. The van der Waals surface area contributed by atoms with Crippen LogP contribution in [0.15, 0.2) is 59.1 Å². The molecule has 0 aliphatic carbocycles. The summed E-state index contributed by atoms with van der Waals surface area (Å²) in [6.45, 7) is 2.46. The monoisotopic (exact) mass is 342 g/mol. The molecule has 1 heterocycles. The van der Waals surface area contributed by atoms with Crippen molar-refractivity contribution in [3.8, 4) is 0 Å². The Labute approximate surface area is 146 Å². The number of aliphatic hydroxyl groups excluding tert-OH is 1. The molecule has 1 unspecified atom stereocenters. The first kappa shape index (κ1) is 16.6. The molecule has 4 nitrogen and oxygen atoms in total. The van der Waals surface area contributed by atoms with Gasteiger partial charge in [-0.1, -0.05) is 48.9 Å². The van der Waals surface area contributed by atoms with E-state index in [1.807, 2.05) is 43.3 Å². The summed E-state index contributed by atoms with van der Waals surface area (Å²) in [6, 6.07) is 14.9. The van der Waals surface area contributed by atoms with Crippen LogP contribution in [-0.2, 0) is 13.0 Å². The van der Waals surface area contributed by atoms with Gasteiger partial charge < -0.3 is 14.8 Å². The van der Waals surface area contributed by atoms with Crippen LogP contribution < -0.4 is 5.32 Å². The zero-order valence-electron chi connectivity index (χ0n) is 13.4. The number of halogens is 1. The van der Waals surface area contributed by atoms with Crippen LogP contribution in [0.1, 0.15) is 35.8 Å². The van der Waals surface area contributed by atoms with Gasteiger partial charge in [0.05, 0.1) is 12.7 Å². The van der Waals surface area contributed by atoms with E-state index in [2.05, 4.69) is 10.3 Å². The van der Waals surface area contributed by atoms with Crippen LogP contribution in [0.5, 0.6) is 0 Å². The highest BCUT2D eigenvalue weighted by atomic mass is 35.5. The molecule has 0 spiro atoms. The van der Waals surface area contributed by atoms with Gasteiger partial charge in [0.25, 0.3) is 0 Å². The van der Waals surface area contributed by atoms with Gasteiger partial charge >= 0.3 is 0 Å². The molecule has 0 amide bonds. The van der Waals surface area contributed by atoms with Crippen molar-refractivity contribution in [2.75, 3.05) is 5.32 Å². The first-order chi connectivity index (χ1) is 11.7. The molecule has 0 aliphatic heterocycles. The number of aryl methyl sites for hydroxylation is 1. The van der Waals surface area contributed by atoms with Gasteiger partial charge in [0.15, 0.2) is 0 Å². The van der Waals surface area contributed by atoms with Crippen LogP contribution in [-0.4, -0.2) is 10.1 Å². The third kappa shape index (κ3) is 3.78. The molecule has 0 fully saturated rings. The fourth-order valence-corrected chi connectivity index (χ4v) is 2.68. The van der Waals surface area contributed by atoms with E-state index in [0.29, 0.717) is 17.5 Å². The maximum absolute atomic E-state index is 10.7. The normalized spacial score (nSPS) is 12.1. The van der Waals surface area contributed by atoms with Crippen LogP contribution in [0, 0.1) is 0 Å². The van der Waals surface area contributed by atoms with E-state index >= 15 is 0 Å². The van der Waals surface area contributed by atoms with Gasteiger partial charge in [-0.3, -0.25) is 0 Å². The van der Waals surface area contributed by atoms with E-state index in [4.69, 9.17) is 16.0 Å². The van der Waals surface area contributed by atoms with Crippen molar-refractivity contribution >= 4 is 17.3 Å². The fraction of sp³-hybridized carbons (Fsp3) is 0.211. The maximum atomic E-state index is 10.7. The minimum absolute atomic E-state index is 0.441. The molecule has 0 radical (unpaired) electrons. The molecule has 3 aromatic rings. The minimum Gasteiger partial charge on any atom is -0.444 e.